The molecule has 0 atom stereocenters. The molecule has 1 aromatic carbocycles. The molecule has 1 amide bonds. The average molecular weight is 354 g/mol. The zero-order chi connectivity index (χ0) is 17.0. The number of hydrogen-bond donors (Lipinski definition) is 1. The van der Waals surface area contributed by atoms with Crippen molar-refractivity contribution in [3.05, 3.63) is 58.9 Å². The molecule has 0 fully saturated rings. The summed E-state index contributed by atoms with van der Waals surface area (Å²) in [5, 5.41) is 2.90. The molecule has 0 aliphatic heterocycles. The highest BCUT2D eigenvalue weighted by Gasteiger charge is 2.20. The van der Waals surface area contributed by atoms with E-state index in [0.717, 1.165) is 4.31 Å². The minimum absolute atomic E-state index is 0.0853. The van der Waals surface area contributed by atoms with Gasteiger partial charge in [-0.1, -0.05) is 29.8 Å². The summed E-state index contributed by atoms with van der Waals surface area (Å²) in [6, 6.07) is 9.52. The van der Waals surface area contributed by atoms with Crippen LogP contribution in [0.25, 0.3) is 0 Å². The van der Waals surface area contributed by atoms with Crippen LogP contribution in [0, 0.1) is 0 Å². The molecule has 1 N–H and O–H groups in total. The van der Waals surface area contributed by atoms with Crippen molar-refractivity contribution in [3.8, 4) is 0 Å². The van der Waals surface area contributed by atoms with E-state index in [9.17, 15) is 13.2 Å². The summed E-state index contributed by atoms with van der Waals surface area (Å²) in [6.07, 6.45) is 1.43. The fraction of sp³-hybridized carbons (Fsp3) is 0.200. The zero-order valence-electron chi connectivity index (χ0n) is 12.7. The van der Waals surface area contributed by atoms with Crippen LogP contribution in [0.2, 0.25) is 5.15 Å². The number of rotatable bonds is 5. The van der Waals surface area contributed by atoms with Crippen molar-refractivity contribution < 1.29 is 13.2 Å². The first-order valence-electron chi connectivity index (χ1n) is 6.72. The quantitative estimate of drug-likeness (QED) is 0.833. The molecule has 8 heteroatoms. The first-order chi connectivity index (χ1) is 10.8. The van der Waals surface area contributed by atoms with Crippen molar-refractivity contribution in [1.82, 2.24) is 14.6 Å². The lowest BCUT2D eigenvalue weighted by molar-refractivity contribution is 0.0950. The molecule has 0 bridgehead atoms. The van der Waals surface area contributed by atoms with Crippen LogP contribution < -0.4 is 5.32 Å². The van der Waals surface area contributed by atoms with E-state index in [-0.39, 0.29) is 22.5 Å². The molecule has 23 heavy (non-hydrogen) atoms. The van der Waals surface area contributed by atoms with Gasteiger partial charge in [-0.2, -0.15) is 0 Å². The van der Waals surface area contributed by atoms with Gasteiger partial charge in [-0.15, -0.1) is 0 Å². The summed E-state index contributed by atoms with van der Waals surface area (Å²) in [4.78, 5) is 16.1. The summed E-state index contributed by atoms with van der Waals surface area (Å²) < 4.78 is 25.7. The maximum absolute atomic E-state index is 12.3. The van der Waals surface area contributed by atoms with E-state index < -0.39 is 10.0 Å². The number of amides is 1. The monoisotopic (exact) mass is 353 g/mol. The number of carbonyl (C=O) groups is 1. The van der Waals surface area contributed by atoms with Crippen molar-refractivity contribution in [1.29, 1.82) is 0 Å². The van der Waals surface area contributed by atoms with E-state index in [1.165, 1.54) is 38.5 Å². The van der Waals surface area contributed by atoms with Gasteiger partial charge in [-0.25, -0.2) is 17.7 Å². The standard InChI is InChI=1S/C15H16ClN3O3S/c1-19(2)23(21,22)13-6-4-3-5-12(13)10-18-15(20)11-7-8-17-14(16)9-11/h3-9H,10H2,1-2H3,(H,18,20). The number of nitrogens with one attached hydrogen (secondary N) is 1. The fourth-order valence-electron chi connectivity index (χ4n) is 1.92. The lowest BCUT2D eigenvalue weighted by Gasteiger charge is -2.15. The highest BCUT2D eigenvalue weighted by atomic mass is 35.5. The van der Waals surface area contributed by atoms with Crippen molar-refractivity contribution in [2.45, 2.75) is 11.4 Å². The molecule has 0 saturated heterocycles. The van der Waals surface area contributed by atoms with Gasteiger partial charge >= 0.3 is 0 Å². The molecule has 0 aliphatic carbocycles. The smallest absolute Gasteiger partial charge is 0.251 e. The van der Waals surface area contributed by atoms with E-state index >= 15 is 0 Å². The van der Waals surface area contributed by atoms with Gasteiger partial charge in [-0.05, 0) is 23.8 Å². The van der Waals surface area contributed by atoms with Gasteiger partial charge in [0.15, 0.2) is 0 Å². The van der Waals surface area contributed by atoms with Crippen molar-refractivity contribution in [2.75, 3.05) is 14.1 Å². The molecule has 2 rings (SSSR count). The van der Waals surface area contributed by atoms with Crippen LogP contribution in [0.1, 0.15) is 15.9 Å². The third-order valence-corrected chi connectivity index (χ3v) is 5.28. The normalized spacial score (nSPS) is 11.5. The number of aromatic nitrogens is 1. The Balaban J connectivity index is 2.20. The first kappa shape index (κ1) is 17.4. The Kier molecular flexibility index (Phi) is 5.35. The summed E-state index contributed by atoms with van der Waals surface area (Å²) >= 11 is 5.75. The van der Waals surface area contributed by atoms with E-state index in [1.807, 2.05) is 0 Å². The molecule has 0 saturated carbocycles. The molecule has 1 heterocycles. The molecule has 0 aliphatic rings. The van der Waals surface area contributed by atoms with Gasteiger partial charge in [0.2, 0.25) is 10.0 Å². The zero-order valence-corrected chi connectivity index (χ0v) is 14.2. The maximum atomic E-state index is 12.3. The fourth-order valence-corrected chi connectivity index (χ4v) is 3.21. The molecular weight excluding hydrogens is 338 g/mol. The minimum atomic E-state index is -3.58. The summed E-state index contributed by atoms with van der Waals surface area (Å²) in [6.45, 7) is 0.0853. The van der Waals surface area contributed by atoms with Crippen LogP contribution in [0.3, 0.4) is 0 Å². The Labute approximate surface area is 140 Å². The van der Waals surface area contributed by atoms with Gasteiger partial charge in [-0.3, -0.25) is 4.79 Å². The molecule has 1 aromatic heterocycles. The van der Waals surface area contributed by atoms with E-state index in [2.05, 4.69) is 10.3 Å². The Morgan fingerprint density at radius 2 is 1.96 bits per heavy atom. The second-order valence-electron chi connectivity index (χ2n) is 4.95. The minimum Gasteiger partial charge on any atom is -0.348 e. The number of carbonyl (C=O) groups excluding carboxylic acids is 1. The molecule has 6 nitrogen and oxygen atoms in total. The topological polar surface area (TPSA) is 79.4 Å². The predicted molar refractivity (Wildman–Crippen MR) is 87.7 cm³/mol. The van der Waals surface area contributed by atoms with Crippen molar-refractivity contribution in [3.63, 3.8) is 0 Å². The van der Waals surface area contributed by atoms with Crippen LogP contribution >= 0.6 is 11.6 Å². The average Bonchev–Trinajstić information content (AvgIpc) is 2.52. The maximum Gasteiger partial charge on any atom is 0.251 e. The Bertz CT molecular complexity index is 822. The van der Waals surface area contributed by atoms with E-state index in [4.69, 9.17) is 11.6 Å². The Hall–Kier alpha value is -1.96. The van der Waals surface area contributed by atoms with Gasteiger partial charge < -0.3 is 5.32 Å². The van der Waals surface area contributed by atoms with Gasteiger partial charge in [0.1, 0.15) is 5.15 Å². The van der Waals surface area contributed by atoms with Crippen LogP contribution in [0.15, 0.2) is 47.5 Å². The number of halogens is 1. The number of nitrogens with zero attached hydrogens (tertiary/aromatic N) is 2. The lowest BCUT2D eigenvalue weighted by atomic mass is 10.2. The number of hydrogen-bond acceptors (Lipinski definition) is 4. The number of benzene rings is 1. The molecule has 0 radical (unpaired) electrons. The highest BCUT2D eigenvalue weighted by molar-refractivity contribution is 7.89. The Morgan fingerprint density at radius 1 is 1.26 bits per heavy atom. The third-order valence-electron chi connectivity index (χ3n) is 3.16. The summed E-state index contributed by atoms with van der Waals surface area (Å²) in [5.74, 6) is -0.355. The van der Waals surface area contributed by atoms with Gasteiger partial charge in [0.05, 0.1) is 4.90 Å². The van der Waals surface area contributed by atoms with Crippen molar-refractivity contribution in [2.24, 2.45) is 0 Å². The van der Waals surface area contributed by atoms with Gasteiger partial charge in [0, 0.05) is 32.4 Å². The van der Waals surface area contributed by atoms with Crippen LogP contribution in [0.4, 0.5) is 0 Å². The second-order valence-corrected chi connectivity index (χ2v) is 7.45. The van der Waals surface area contributed by atoms with Crippen LogP contribution in [-0.2, 0) is 16.6 Å². The second kappa shape index (κ2) is 7.08. The number of pyridine rings is 1. The van der Waals surface area contributed by atoms with Crippen molar-refractivity contribution >= 4 is 27.5 Å². The molecule has 2 aromatic rings. The summed E-state index contributed by atoms with van der Waals surface area (Å²) in [7, 11) is -0.652. The Morgan fingerprint density at radius 3 is 2.61 bits per heavy atom. The molecule has 0 unspecified atom stereocenters. The van der Waals surface area contributed by atoms with Crippen LogP contribution in [-0.4, -0.2) is 37.7 Å². The first-order valence-corrected chi connectivity index (χ1v) is 8.54. The van der Waals surface area contributed by atoms with E-state index in [1.54, 1.807) is 18.2 Å². The van der Waals surface area contributed by atoms with Crippen LogP contribution in [0.5, 0.6) is 0 Å². The molecule has 0 spiro atoms. The molecule has 122 valence electrons. The predicted octanol–water partition coefficient (Wildman–Crippen LogP) is 1.92. The highest BCUT2D eigenvalue weighted by Crippen LogP contribution is 2.18. The molecular formula is C15H16ClN3O3S. The lowest BCUT2D eigenvalue weighted by Crippen LogP contribution is -2.27. The van der Waals surface area contributed by atoms with E-state index in [0.29, 0.717) is 11.1 Å². The van der Waals surface area contributed by atoms with Gasteiger partial charge in [0.25, 0.3) is 5.91 Å². The third kappa shape index (κ3) is 4.07. The summed E-state index contributed by atoms with van der Waals surface area (Å²) in [5.41, 5.74) is 0.868. The largest absolute Gasteiger partial charge is 0.348 e. The number of sulfonamides is 1. The SMILES string of the molecule is CN(C)S(=O)(=O)c1ccccc1CNC(=O)c1ccnc(Cl)c1.